The highest BCUT2D eigenvalue weighted by Gasteiger charge is 2.18. The maximum atomic E-state index is 9.51. The zero-order valence-corrected chi connectivity index (χ0v) is 11.1. The minimum atomic E-state index is 0.261. The van der Waals surface area contributed by atoms with Crippen LogP contribution in [0.2, 0.25) is 0 Å². The molecule has 2 aromatic carbocycles. The van der Waals surface area contributed by atoms with Crippen molar-refractivity contribution in [2.75, 3.05) is 0 Å². The summed E-state index contributed by atoms with van der Waals surface area (Å²) >= 11 is 0. The Morgan fingerprint density at radius 2 is 1.36 bits per heavy atom. The Morgan fingerprint density at radius 3 is 1.91 bits per heavy atom. The number of benzene rings is 1. The average Bonchev–Trinajstić information content (AvgIpc) is 2.85. The van der Waals surface area contributed by atoms with Crippen LogP contribution >= 0.6 is 0 Å². The van der Waals surface area contributed by atoms with Gasteiger partial charge in [0.15, 0.2) is 0 Å². The minimum absolute atomic E-state index is 0.261. The van der Waals surface area contributed by atoms with E-state index in [0.29, 0.717) is 32.8 Å². The molecule has 0 amide bonds. The summed E-state index contributed by atoms with van der Waals surface area (Å²) in [6.45, 7) is 0. The molecule has 0 unspecified atom stereocenters. The third-order valence-corrected chi connectivity index (χ3v) is 3.48. The Bertz CT molecular complexity index is 1110. The quantitative estimate of drug-likeness (QED) is 0.628. The van der Waals surface area contributed by atoms with Gasteiger partial charge >= 0.3 is 0 Å². The van der Waals surface area contributed by atoms with Crippen LogP contribution in [0.5, 0.6) is 0 Å². The van der Waals surface area contributed by atoms with Gasteiger partial charge in [0.2, 0.25) is 0 Å². The fourth-order valence-corrected chi connectivity index (χ4v) is 2.50. The van der Waals surface area contributed by atoms with Crippen molar-refractivity contribution in [1.29, 1.82) is 21.0 Å². The molecule has 5 heteroatoms. The van der Waals surface area contributed by atoms with Gasteiger partial charge in [0.1, 0.15) is 18.2 Å². The van der Waals surface area contributed by atoms with Crippen molar-refractivity contribution in [2.24, 2.45) is 0 Å². The number of nitrogens with zero attached hydrogens (tertiary/aromatic N) is 5. The zero-order chi connectivity index (χ0) is 15.7. The van der Waals surface area contributed by atoms with Gasteiger partial charge in [-0.05, 0) is 12.1 Å². The molecule has 0 saturated carbocycles. The molecule has 0 aliphatic heterocycles. The standard InChI is InChI=1S/C17H5N5/c18-5-10-1-3-12-13(4-2-10)15(8-21)17-16(14(12)7-20)11(6-19)9-22-17/h1-4,9H. The molecule has 1 heterocycles. The predicted octanol–water partition coefficient (Wildman–Crippen LogP) is 2.87. The predicted molar refractivity (Wildman–Crippen MR) is 78.1 cm³/mol. The Labute approximate surface area is 125 Å². The van der Waals surface area contributed by atoms with Crippen molar-refractivity contribution in [3.8, 4) is 24.3 Å². The van der Waals surface area contributed by atoms with Gasteiger partial charge < -0.3 is 0 Å². The number of hydrogen-bond acceptors (Lipinski definition) is 5. The van der Waals surface area contributed by atoms with Gasteiger partial charge in [0, 0.05) is 22.4 Å². The number of hydrogen-bond donors (Lipinski definition) is 0. The summed E-state index contributed by atoms with van der Waals surface area (Å²) < 4.78 is 0. The van der Waals surface area contributed by atoms with Crippen LogP contribution in [-0.2, 0) is 0 Å². The second-order valence-corrected chi connectivity index (χ2v) is 4.54. The van der Waals surface area contributed by atoms with Crippen LogP contribution in [0, 0.1) is 45.3 Å². The summed E-state index contributed by atoms with van der Waals surface area (Å²) in [5.41, 5.74) is 1.60. The van der Waals surface area contributed by atoms with Gasteiger partial charge in [-0.15, -0.1) is 0 Å². The van der Waals surface area contributed by atoms with Crippen molar-refractivity contribution in [3.05, 3.63) is 52.7 Å². The largest absolute Gasteiger partial charge is 0.253 e. The molecule has 5 nitrogen and oxygen atoms in total. The smallest absolute Gasteiger partial charge is 0.102 e. The number of rotatable bonds is 0. The molecule has 3 rings (SSSR count). The summed E-state index contributed by atoms with van der Waals surface area (Å²) in [7, 11) is 0. The Kier molecular flexibility index (Phi) is 2.90. The topological polar surface area (TPSA) is 108 Å². The number of aromatic nitrogens is 1. The lowest BCUT2D eigenvalue weighted by Gasteiger charge is -2.02. The van der Waals surface area contributed by atoms with Crippen molar-refractivity contribution in [1.82, 2.24) is 4.98 Å². The van der Waals surface area contributed by atoms with Crippen LogP contribution in [0.25, 0.3) is 21.7 Å². The van der Waals surface area contributed by atoms with E-state index in [1.807, 2.05) is 12.1 Å². The summed E-state index contributed by atoms with van der Waals surface area (Å²) in [5.74, 6) is 0. The van der Waals surface area contributed by atoms with E-state index in [-0.39, 0.29) is 11.1 Å². The van der Waals surface area contributed by atoms with Crippen LogP contribution in [0.4, 0.5) is 0 Å². The van der Waals surface area contributed by atoms with Gasteiger partial charge in [0.05, 0.1) is 33.8 Å². The Balaban J connectivity index is 2.71. The van der Waals surface area contributed by atoms with Crippen molar-refractivity contribution in [2.45, 2.75) is 0 Å². The first-order valence-electron chi connectivity index (χ1n) is 6.24. The van der Waals surface area contributed by atoms with Crippen LogP contribution in [0.3, 0.4) is 0 Å². The van der Waals surface area contributed by atoms with Gasteiger partial charge in [-0.3, -0.25) is 4.98 Å². The van der Waals surface area contributed by atoms with Crippen molar-refractivity contribution < 1.29 is 0 Å². The Morgan fingerprint density at radius 1 is 0.727 bits per heavy atom. The molecule has 0 aliphatic rings. The molecular weight excluding hydrogens is 274 g/mol. The molecule has 0 radical (unpaired) electrons. The number of fused-ring (bicyclic) bond motifs is 2. The first-order valence-corrected chi connectivity index (χ1v) is 6.24. The maximum Gasteiger partial charge on any atom is 0.102 e. The van der Waals surface area contributed by atoms with E-state index in [1.165, 1.54) is 6.20 Å². The van der Waals surface area contributed by atoms with E-state index in [2.05, 4.69) is 17.1 Å². The highest BCUT2D eigenvalue weighted by molar-refractivity contribution is 6.09. The molecule has 22 heavy (non-hydrogen) atoms. The molecular formula is C17H5N5. The van der Waals surface area contributed by atoms with Gasteiger partial charge in [-0.2, -0.15) is 21.0 Å². The molecule has 98 valence electrons. The van der Waals surface area contributed by atoms with Crippen molar-refractivity contribution in [3.63, 3.8) is 0 Å². The molecule has 0 aliphatic carbocycles. The highest BCUT2D eigenvalue weighted by Crippen LogP contribution is 2.33. The molecule has 0 fully saturated rings. The van der Waals surface area contributed by atoms with E-state index in [9.17, 15) is 15.8 Å². The second kappa shape index (κ2) is 4.88. The maximum absolute atomic E-state index is 9.51. The van der Waals surface area contributed by atoms with Crippen LogP contribution in [0.15, 0.2) is 30.5 Å². The van der Waals surface area contributed by atoms with Crippen molar-refractivity contribution >= 4 is 21.7 Å². The first-order chi connectivity index (χ1) is 10.7. The van der Waals surface area contributed by atoms with Crippen LogP contribution in [0.1, 0.15) is 22.3 Å². The van der Waals surface area contributed by atoms with E-state index in [1.54, 1.807) is 24.3 Å². The van der Waals surface area contributed by atoms with Gasteiger partial charge in [0.25, 0.3) is 0 Å². The Hall–Kier alpha value is -3.93. The van der Waals surface area contributed by atoms with E-state index >= 15 is 0 Å². The summed E-state index contributed by atoms with van der Waals surface area (Å²) in [4.78, 5) is 4.12. The molecule has 0 atom stereocenters. The molecule has 0 spiro atoms. The summed E-state index contributed by atoms with van der Waals surface area (Å²) in [6.07, 6.45) is 1.37. The van der Waals surface area contributed by atoms with Crippen LogP contribution < -0.4 is 0 Å². The number of nitriles is 4. The third-order valence-electron chi connectivity index (χ3n) is 3.48. The average molecular weight is 279 g/mol. The minimum Gasteiger partial charge on any atom is -0.253 e. The zero-order valence-electron chi connectivity index (χ0n) is 11.1. The lowest BCUT2D eigenvalue weighted by molar-refractivity contribution is 1.43. The summed E-state index contributed by atoms with van der Waals surface area (Å²) in [5, 5.41) is 38.6. The SMILES string of the molecule is N#Cc1ccc2c(C#N)c3ncc(C#N)c3c(C#N)c2cc1. The molecule has 1 aromatic heterocycles. The van der Waals surface area contributed by atoms with E-state index < -0.39 is 0 Å². The molecule has 0 saturated heterocycles. The second-order valence-electron chi connectivity index (χ2n) is 4.54. The fraction of sp³-hybridized carbons (Fsp3) is 0. The molecule has 0 N–H and O–H groups in total. The fourth-order valence-electron chi connectivity index (χ4n) is 2.50. The first kappa shape index (κ1) is 13.1. The van der Waals surface area contributed by atoms with Gasteiger partial charge in [-0.25, -0.2) is 0 Å². The van der Waals surface area contributed by atoms with Crippen LogP contribution in [-0.4, -0.2) is 4.98 Å². The lowest BCUT2D eigenvalue weighted by atomic mass is 9.96. The summed E-state index contributed by atoms with van der Waals surface area (Å²) in [6, 6.07) is 14.6. The molecule has 0 bridgehead atoms. The third kappa shape index (κ3) is 1.65. The monoisotopic (exact) mass is 279 g/mol. The van der Waals surface area contributed by atoms with E-state index in [4.69, 9.17) is 5.26 Å². The highest BCUT2D eigenvalue weighted by atomic mass is 14.7. The van der Waals surface area contributed by atoms with E-state index in [0.717, 1.165) is 0 Å². The lowest BCUT2D eigenvalue weighted by Crippen LogP contribution is -1.88. The normalized spacial score (nSPS) is 9.64. The van der Waals surface area contributed by atoms with Gasteiger partial charge in [-0.1, -0.05) is 12.1 Å². The molecule has 3 aromatic rings.